The summed E-state index contributed by atoms with van der Waals surface area (Å²) in [5.74, 6) is 0. The minimum atomic E-state index is 1.16. The fraction of sp³-hybridized carbons (Fsp3) is 0. The summed E-state index contributed by atoms with van der Waals surface area (Å²) >= 11 is 3.80. The van der Waals surface area contributed by atoms with Crippen molar-refractivity contribution in [2.75, 3.05) is 0 Å². The van der Waals surface area contributed by atoms with Crippen molar-refractivity contribution in [3.63, 3.8) is 0 Å². The molecule has 4 heterocycles. The van der Waals surface area contributed by atoms with Crippen molar-refractivity contribution in [2.45, 2.75) is 0 Å². The number of nitrogens with zero attached hydrogens (tertiary/aromatic N) is 2. The predicted molar refractivity (Wildman–Crippen MR) is 226 cm³/mol. The molecule has 4 aromatic heterocycles. The van der Waals surface area contributed by atoms with Gasteiger partial charge in [0.1, 0.15) is 0 Å². The molecule has 8 aromatic carbocycles. The lowest BCUT2D eigenvalue weighted by molar-refractivity contribution is 1.13. The molecule has 4 heteroatoms. The molecule has 0 atom stereocenters. The van der Waals surface area contributed by atoms with E-state index in [0.717, 1.165) is 5.69 Å². The van der Waals surface area contributed by atoms with Gasteiger partial charge in [0, 0.05) is 67.6 Å². The molecule has 0 aliphatic carbocycles. The van der Waals surface area contributed by atoms with E-state index in [2.05, 4.69) is 179 Å². The Balaban J connectivity index is 1.22. The summed E-state index contributed by atoms with van der Waals surface area (Å²) in [5, 5.41) is 10.4. The van der Waals surface area contributed by atoms with Crippen molar-refractivity contribution < 1.29 is 0 Å². The van der Waals surface area contributed by atoms with E-state index in [1.165, 1.54) is 101 Å². The second-order valence-corrected chi connectivity index (χ2v) is 15.7. The molecule has 0 unspecified atom stereocenters. The molecule has 242 valence electrons. The summed E-state index contributed by atoms with van der Waals surface area (Å²) in [6.07, 6.45) is 0. The zero-order valence-electron chi connectivity index (χ0n) is 27.9. The molecule has 0 fully saturated rings. The normalized spacial score (nSPS) is 12.2. The number of hydrogen-bond acceptors (Lipinski definition) is 2. The first-order valence-electron chi connectivity index (χ1n) is 17.7. The monoisotopic (exact) mass is 696 g/mol. The van der Waals surface area contributed by atoms with Crippen LogP contribution < -0.4 is 0 Å². The van der Waals surface area contributed by atoms with Gasteiger partial charge >= 0.3 is 0 Å². The van der Waals surface area contributed by atoms with E-state index >= 15 is 0 Å². The molecule has 12 rings (SSSR count). The van der Waals surface area contributed by atoms with Gasteiger partial charge < -0.3 is 9.13 Å². The Kier molecular flexibility index (Phi) is 5.84. The topological polar surface area (TPSA) is 9.86 Å². The highest BCUT2D eigenvalue weighted by Gasteiger charge is 2.23. The van der Waals surface area contributed by atoms with Gasteiger partial charge in [0.05, 0.1) is 27.8 Å². The molecular weight excluding hydrogens is 669 g/mol. The second kappa shape index (κ2) is 10.7. The highest BCUT2D eigenvalue weighted by atomic mass is 32.1. The molecule has 0 N–H and O–H groups in total. The Bertz CT molecular complexity index is 3370. The van der Waals surface area contributed by atoms with Gasteiger partial charge in [0.15, 0.2) is 0 Å². The Morgan fingerprint density at radius 1 is 0.365 bits per heavy atom. The third-order valence-electron chi connectivity index (χ3n) is 10.9. The van der Waals surface area contributed by atoms with Gasteiger partial charge in [0.25, 0.3) is 0 Å². The molecule has 12 aromatic rings. The Labute approximate surface area is 306 Å². The lowest BCUT2D eigenvalue weighted by Crippen LogP contribution is -2.00. The molecule has 52 heavy (non-hydrogen) atoms. The van der Waals surface area contributed by atoms with Crippen LogP contribution in [-0.4, -0.2) is 9.13 Å². The SMILES string of the molecule is c1cc(-c2cccc3c2sc2ccccc23)cc(-n2c3ccc4c5ccccc5sc4c3c3cccc(-n4c5ccccc5c5ccccc54)c32)c1. The molecule has 0 aliphatic rings. The van der Waals surface area contributed by atoms with Crippen LogP contribution in [0.25, 0.3) is 106 Å². The number of fused-ring (bicyclic) bond motifs is 13. The van der Waals surface area contributed by atoms with E-state index in [4.69, 9.17) is 0 Å². The number of thiophene rings is 2. The van der Waals surface area contributed by atoms with Crippen LogP contribution in [0.4, 0.5) is 0 Å². The Morgan fingerprint density at radius 3 is 1.69 bits per heavy atom. The standard InChI is InChI=1S/C48H28N2S2/c1-5-21-39-32(14-1)33-15-2-6-22-40(33)50(39)42-23-11-20-38-45-41(27-26-37-35-17-4-8-25-44(35)52-48(37)45)49(46(38)42)30-13-9-12-29(28-30)31-18-10-19-36-34-16-3-7-24-43(34)51-47(31)36/h1-28H. The summed E-state index contributed by atoms with van der Waals surface area (Å²) in [5.41, 5.74) is 9.69. The third-order valence-corrected chi connectivity index (χ3v) is 13.3. The fourth-order valence-electron chi connectivity index (χ4n) is 8.73. The van der Waals surface area contributed by atoms with Gasteiger partial charge in [0.2, 0.25) is 0 Å². The predicted octanol–water partition coefficient (Wildman–Crippen LogP) is 14.3. The maximum atomic E-state index is 2.53. The first-order chi connectivity index (χ1) is 25.8. The molecule has 0 aliphatic heterocycles. The van der Waals surface area contributed by atoms with E-state index < -0.39 is 0 Å². The maximum absolute atomic E-state index is 2.53. The zero-order valence-corrected chi connectivity index (χ0v) is 29.5. The summed E-state index contributed by atoms with van der Waals surface area (Å²) in [6.45, 7) is 0. The van der Waals surface area contributed by atoms with Crippen molar-refractivity contribution in [1.82, 2.24) is 9.13 Å². The largest absolute Gasteiger partial charge is 0.307 e. The summed E-state index contributed by atoms with van der Waals surface area (Å²) in [7, 11) is 0. The van der Waals surface area contributed by atoms with E-state index in [1.54, 1.807) is 0 Å². The number of hydrogen-bond donors (Lipinski definition) is 0. The minimum Gasteiger partial charge on any atom is -0.307 e. The van der Waals surface area contributed by atoms with Crippen molar-refractivity contribution >= 4 is 107 Å². The summed E-state index contributed by atoms with van der Waals surface area (Å²) < 4.78 is 10.3. The van der Waals surface area contributed by atoms with Crippen LogP contribution in [0.15, 0.2) is 170 Å². The van der Waals surface area contributed by atoms with Crippen molar-refractivity contribution in [1.29, 1.82) is 0 Å². The van der Waals surface area contributed by atoms with Crippen LogP contribution in [-0.2, 0) is 0 Å². The van der Waals surface area contributed by atoms with Crippen molar-refractivity contribution in [3.8, 4) is 22.5 Å². The smallest absolute Gasteiger partial charge is 0.0782 e. The van der Waals surface area contributed by atoms with Gasteiger partial charge in [-0.3, -0.25) is 0 Å². The first-order valence-corrected chi connectivity index (χ1v) is 19.3. The van der Waals surface area contributed by atoms with E-state index in [-0.39, 0.29) is 0 Å². The Hall–Kier alpha value is -6.20. The van der Waals surface area contributed by atoms with Crippen LogP contribution in [0.3, 0.4) is 0 Å². The highest BCUT2D eigenvalue weighted by molar-refractivity contribution is 7.27. The second-order valence-electron chi connectivity index (χ2n) is 13.6. The van der Waals surface area contributed by atoms with Crippen molar-refractivity contribution in [3.05, 3.63) is 170 Å². The summed E-state index contributed by atoms with van der Waals surface area (Å²) in [4.78, 5) is 0. The molecule has 0 saturated heterocycles. The average Bonchev–Trinajstić information content (AvgIpc) is 3.95. The highest BCUT2D eigenvalue weighted by Crippen LogP contribution is 2.46. The zero-order chi connectivity index (χ0) is 33.9. The summed E-state index contributed by atoms with van der Waals surface area (Å²) in [6, 6.07) is 62.8. The fourth-order valence-corrected chi connectivity index (χ4v) is 11.2. The first kappa shape index (κ1) is 28.5. The van der Waals surface area contributed by atoms with E-state index in [9.17, 15) is 0 Å². The molecule has 0 bridgehead atoms. The van der Waals surface area contributed by atoms with Gasteiger partial charge in [-0.1, -0.05) is 121 Å². The molecule has 0 spiro atoms. The van der Waals surface area contributed by atoms with Gasteiger partial charge in [-0.2, -0.15) is 0 Å². The molecule has 0 radical (unpaired) electrons. The molecular formula is C48H28N2S2. The van der Waals surface area contributed by atoms with Gasteiger partial charge in [-0.15, -0.1) is 22.7 Å². The van der Waals surface area contributed by atoms with Crippen LogP contribution >= 0.6 is 22.7 Å². The van der Waals surface area contributed by atoms with Crippen LogP contribution in [0, 0.1) is 0 Å². The number of benzene rings is 8. The molecule has 0 amide bonds. The molecule has 2 nitrogen and oxygen atoms in total. The Morgan fingerprint density at radius 2 is 0.942 bits per heavy atom. The van der Waals surface area contributed by atoms with E-state index in [1.807, 2.05) is 22.7 Å². The van der Waals surface area contributed by atoms with Gasteiger partial charge in [-0.05, 0) is 59.7 Å². The quantitative estimate of drug-likeness (QED) is 0.174. The number of rotatable bonds is 3. The molecule has 0 saturated carbocycles. The number of para-hydroxylation sites is 3. The van der Waals surface area contributed by atoms with Crippen LogP contribution in [0.1, 0.15) is 0 Å². The lowest BCUT2D eigenvalue weighted by Gasteiger charge is -2.15. The minimum absolute atomic E-state index is 1.16. The van der Waals surface area contributed by atoms with Crippen LogP contribution in [0.5, 0.6) is 0 Å². The average molecular weight is 697 g/mol. The third kappa shape index (κ3) is 3.83. The number of aromatic nitrogens is 2. The maximum Gasteiger partial charge on any atom is 0.0782 e. The van der Waals surface area contributed by atoms with E-state index in [0.29, 0.717) is 0 Å². The lowest BCUT2D eigenvalue weighted by atomic mass is 10.0. The van der Waals surface area contributed by atoms with Crippen molar-refractivity contribution in [2.24, 2.45) is 0 Å². The van der Waals surface area contributed by atoms with Gasteiger partial charge in [-0.25, -0.2) is 0 Å². The van der Waals surface area contributed by atoms with Crippen LogP contribution in [0.2, 0.25) is 0 Å².